The van der Waals surface area contributed by atoms with Crippen molar-refractivity contribution in [2.45, 2.75) is 58.0 Å². The van der Waals surface area contributed by atoms with Gasteiger partial charge >= 0.3 is 5.97 Å². The zero-order valence-electron chi connectivity index (χ0n) is 17.1. The fraction of sp³-hybridized carbons (Fsp3) is 0.565. The highest BCUT2D eigenvalue weighted by molar-refractivity contribution is 6.01. The Bertz CT molecular complexity index is 1050. The van der Waals surface area contributed by atoms with Crippen molar-refractivity contribution in [1.29, 1.82) is 0 Å². The van der Waals surface area contributed by atoms with E-state index in [-0.39, 0.29) is 40.4 Å². The number of aromatic carboxylic acids is 1. The van der Waals surface area contributed by atoms with E-state index in [1.54, 1.807) is 24.3 Å². The molecular formula is C23H27N3O4. The monoisotopic (exact) mass is 409 g/mol. The van der Waals surface area contributed by atoms with Crippen molar-refractivity contribution in [3.8, 4) is 0 Å². The van der Waals surface area contributed by atoms with Gasteiger partial charge in [0.2, 0.25) is 5.91 Å². The Morgan fingerprint density at radius 1 is 1.13 bits per heavy atom. The molecule has 1 aromatic carbocycles. The molecule has 4 aliphatic carbocycles. The number of carbonyl (C=O) groups excluding carboxylic acids is 1. The maximum absolute atomic E-state index is 12.8. The van der Waals surface area contributed by atoms with Crippen molar-refractivity contribution in [3.05, 3.63) is 40.3 Å². The van der Waals surface area contributed by atoms with Gasteiger partial charge in [0.05, 0.1) is 5.39 Å². The maximum atomic E-state index is 12.8. The van der Waals surface area contributed by atoms with Crippen molar-refractivity contribution in [1.82, 2.24) is 15.1 Å². The molecule has 0 aliphatic heterocycles. The van der Waals surface area contributed by atoms with E-state index in [2.05, 4.69) is 17.3 Å². The zero-order chi connectivity index (χ0) is 21.0. The number of amides is 1. The molecule has 2 aromatic rings. The summed E-state index contributed by atoms with van der Waals surface area (Å²) in [6, 6.07) is 6.51. The molecule has 158 valence electrons. The molecule has 0 radical (unpaired) electrons. The van der Waals surface area contributed by atoms with Gasteiger partial charge < -0.3 is 10.4 Å². The van der Waals surface area contributed by atoms with Crippen LogP contribution in [-0.4, -0.2) is 32.8 Å². The molecule has 4 bridgehead atoms. The van der Waals surface area contributed by atoms with Crippen LogP contribution in [0.15, 0.2) is 29.1 Å². The summed E-state index contributed by atoms with van der Waals surface area (Å²) in [5, 5.41) is 17.1. The number of carbonyl (C=O) groups is 2. The fourth-order valence-electron chi connectivity index (χ4n) is 6.78. The molecule has 4 aliphatic rings. The molecule has 0 unspecified atom stereocenters. The Balaban J connectivity index is 1.37. The molecule has 1 atom stereocenters. The first-order valence-electron chi connectivity index (χ1n) is 10.9. The summed E-state index contributed by atoms with van der Waals surface area (Å²) < 4.78 is 0.980. The van der Waals surface area contributed by atoms with Crippen LogP contribution >= 0.6 is 0 Å². The molecule has 1 aromatic heterocycles. The number of carboxylic acids is 1. The normalized spacial score (nSPS) is 30.4. The molecule has 7 nitrogen and oxygen atoms in total. The highest BCUT2D eigenvalue weighted by atomic mass is 16.4. The molecule has 4 saturated carbocycles. The smallest absolute Gasteiger partial charge is 0.357 e. The van der Waals surface area contributed by atoms with Gasteiger partial charge in [0.1, 0.15) is 6.54 Å². The molecule has 4 fully saturated rings. The number of hydrogen-bond donors (Lipinski definition) is 2. The topological polar surface area (TPSA) is 101 Å². The van der Waals surface area contributed by atoms with Crippen LogP contribution in [-0.2, 0) is 11.3 Å². The average molecular weight is 409 g/mol. The third-order valence-electron chi connectivity index (χ3n) is 7.75. The van der Waals surface area contributed by atoms with Crippen LogP contribution in [0.5, 0.6) is 0 Å². The van der Waals surface area contributed by atoms with E-state index in [1.165, 1.54) is 38.5 Å². The summed E-state index contributed by atoms with van der Waals surface area (Å²) in [6.07, 6.45) is 7.56. The number of aromatic nitrogens is 2. The lowest BCUT2D eigenvalue weighted by molar-refractivity contribution is -0.126. The summed E-state index contributed by atoms with van der Waals surface area (Å²) >= 11 is 0. The zero-order valence-corrected chi connectivity index (χ0v) is 17.1. The lowest BCUT2D eigenvalue weighted by atomic mass is 9.48. The predicted molar refractivity (Wildman–Crippen MR) is 111 cm³/mol. The van der Waals surface area contributed by atoms with Crippen LogP contribution in [0.3, 0.4) is 0 Å². The number of benzene rings is 1. The SMILES string of the molecule is C[C@H](NC(=O)Cn1nc(C(=O)O)c2ccccc2c1=O)C12CC3CC(CC(C3)C1)C2. The maximum Gasteiger partial charge on any atom is 0.357 e. The Morgan fingerprint density at radius 3 is 2.27 bits per heavy atom. The van der Waals surface area contributed by atoms with E-state index in [0.717, 1.165) is 22.4 Å². The number of fused-ring (bicyclic) bond motifs is 1. The summed E-state index contributed by atoms with van der Waals surface area (Å²) in [6.45, 7) is 1.81. The van der Waals surface area contributed by atoms with E-state index in [1.807, 2.05) is 0 Å². The molecule has 2 N–H and O–H groups in total. The highest BCUT2D eigenvalue weighted by Crippen LogP contribution is 2.61. The number of carboxylic acid groups (broad SMARTS) is 1. The molecule has 30 heavy (non-hydrogen) atoms. The molecule has 0 spiro atoms. The number of nitrogens with one attached hydrogen (secondary N) is 1. The minimum atomic E-state index is -1.22. The van der Waals surface area contributed by atoms with E-state index >= 15 is 0 Å². The minimum Gasteiger partial charge on any atom is -0.476 e. The summed E-state index contributed by atoms with van der Waals surface area (Å²) in [4.78, 5) is 37.2. The van der Waals surface area contributed by atoms with E-state index in [4.69, 9.17) is 0 Å². The van der Waals surface area contributed by atoms with Gasteiger partial charge in [0.15, 0.2) is 5.69 Å². The first-order valence-corrected chi connectivity index (χ1v) is 10.9. The van der Waals surface area contributed by atoms with Gasteiger partial charge in [-0.3, -0.25) is 9.59 Å². The third-order valence-corrected chi connectivity index (χ3v) is 7.75. The number of nitrogens with zero attached hydrogens (tertiary/aromatic N) is 2. The fourth-order valence-corrected chi connectivity index (χ4v) is 6.78. The first-order chi connectivity index (χ1) is 14.3. The Morgan fingerprint density at radius 2 is 1.70 bits per heavy atom. The van der Waals surface area contributed by atoms with Crippen LogP contribution in [0.25, 0.3) is 10.8 Å². The van der Waals surface area contributed by atoms with Crippen molar-refractivity contribution in [3.63, 3.8) is 0 Å². The van der Waals surface area contributed by atoms with Gasteiger partial charge in [0, 0.05) is 11.4 Å². The minimum absolute atomic E-state index is 0.0357. The molecular weight excluding hydrogens is 382 g/mol. The Labute approximate surface area is 174 Å². The Hall–Kier alpha value is -2.70. The average Bonchev–Trinajstić information content (AvgIpc) is 2.69. The lowest BCUT2D eigenvalue weighted by Crippen LogP contribution is -2.56. The lowest BCUT2D eigenvalue weighted by Gasteiger charge is -2.59. The van der Waals surface area contributed by atoms with Crippen LogP contribution in [0.2, 0.25) is 0 Å². The predicted octanol–water partition coefficient (Wildman–Crippen LogP) is 2.82. The molecule has 1 heterocycles. The summed E-state index contributed by atoms with van der Waals surface area (Å²) in [7, 11) is 0. The summed E-state index contributed by atoms with van der Waals surface area (Å²) in [5.74, 6) is 0.859. The molecule has 6 rings (SSSR count). The first kappa shape index (κ1) is 19.3. The van der Waals surface area contributed by atoms with Crippen molar-refractivity contribution in [2.24, 2.45) is 23.2 Å². The van der Waals surface area contributed by atoms with Crippen molar-refractivity contribution in [2.75, 3.05) is 0 Å². The summed E-state index contributed by atoms with van der Waals surface area (Å²) in [5.41, 5.74) is -0.501. The standard InChI is InChI=1S/C23H27N3O4/c1-13(23-9-14-6-15(10-23)8-16(7-14)11-23)24-19(27)12-26-21(28)18-5-3-2-4-17(18)20(25-26)22(29)30/h2-5,13-16H,6-12H2,1H3,(H,24,27)(H,29,30)/t13-,14?,15?,16?,23?/m0/s1. The molecule has 0 saturated heterocycles. The van der Waals surface area contributed by atoms with Gasteiger partial charge in [-0.1, -0.05) is 18.2 Å². The van der Waals surface area contributed by atoms with Gasteiger partial charge in [-0.05, 0) is 74.7 Å². The van der Waals surface area contributed by atoms with Crippen LogP contribution in [0.4, 0.5) is 0 Å². The third kappa shape index (κ3) is 3.11. The largest absolute Gasteiger partial charge is 0.476 e. The second-order valence-electron chi connectivity index (χ2n) is 9.73. The second-order valence-corrected chi connectivity index (χ2v) is 9.73. The van der Waals surface area contributed by atoms with Crippen LogP contribution in [0.1, 0.15) is 55.9 Å². The second kappa shape index (κ2) is 6.93. The highest BCUT2D eigenvalue weighted by Gasteiger charge is 2.53. The number of rotatable bonds is 5. The van der Waals surface area contributed by atoms with E-state index in [9.17, 15) is 19.5 Å². The number of hydrogen-bond acceptors (Lipinski definition) is 4. The Kier molecular flexibility index (Phi) is 4.45. The van der Waals surface area contributed by atoms with Crippen LogP contribution < -0.4 is 10.9 Å². The molecule has 7 heteroatoms. The van der Waals surface area contributed by atoms with E-state index in [0.29, 0.717) is 0 Å². The quantitative estimate of drug-likeness (QED) is 0.791. The molecule has 1 amide bonds. The van der Waals surface area contributed by atoms with Gasteiger partial charge in [-0.2, -0.15) is 5.10 Å². The van der Waals surface area contributed by atoms with Crippen molar-refractivity contribution < 1.29 is 14.7 Å². The van der Waals surface area contributed by atoms with Gasteiger partial charge in [-0.25, -0.2) is 9.48 Å². The van der Waals surface area contributed by atoms with Crippen molar-refractivity contribution >= 4 is 22.6 Å². The van der Waals surface area contributed by atoms with Gasteiger partial charge in [0.25, 0.3) is 5.56 Å². The van der Waals surface area contributed by atoms with Crippen LogP contribution in [0, 0.1) is 23.2 Å². The van der Waals surface area contributed by atoms with Gasteiger partial charge in [-0.15, -0.1) is 0 Å². The van der Waals surface area contributed by atoms with E-state index < -0.39 is 11.5 Å².